The van der Waals surface area contributed by atoms with Gasteiger partial charge >= 0.3 is 0 Å². The number of carbonyl (C=O) groups excluding carboxylic acids is 1. The summed E-state index contributed by atoms with van der Waals surface area (Å²) in [5.41, 5.74) is 3.22. The van der Waals surface area contributed by atoms with Crippen LogP contribution < -0.4 is 15.6 Å². The van der Waals surface area contributed by atoms with Crippen molar-refractivity contribution < 1.29 is 9.53 Å². The van der Waals surface area contributed by atoms with Crippen LogP contribution in [0.2, 0.25) is 5.02 Å². The average molecular weight is 496 g/mol. The second-order valence-corrected chi connectivity index (χ2v) is 9.62. The summed E-state index contributed by atoms with van der Waals surface area (Å²) in [6.45, 7) is 6.15. The predicted octanol–water partition coefficient (Wildman–Crippen LogP) is 6.50. The van der Waals surface area contributed by atoms with Gasteiger partial charge in [-0.3, -0.25) is 14.2 Å². The zero-order valence-electron chi connectivity index (χ0n) is 19.5. The number of fused-ring (bicyclic) bond motifs is 1. The lowest BCUT2D eigenvalue weighted by Gasteiger charge is -2.19. The van der Waals surface area contributed by atoms with Crippen LogP contribution in [0.25, 0.3) is 21.3 Å². The van der Waals surface area contributed by atoms with Crippen molar-refractivity contribution in [3.63, 3.8) is 0 Å². The molecule has 1 amide bonds. The summed E-state index contributed by atoms with van der Waals surface area (Å²) in [7, 11) is 1.52. The van der Waals surface area contributed by atoms with Crippen molar-refractivity contribution in [2.24, 2.45) is 0 Å². The molecule has 0 radical (unpaired) electrons. The van der Waals surface area contributed by atoms with Gasteiger partial charge in [-0.1, -0.05) is 56.6 Å². The van der Waals surface area contributed by atoms with Gasteiger partial charge in [-0.2, -0.15) is 0 Å². The molecule has 0 aliphatic rings. The van der Waals surface area contributed by atoms with Crippen LogP contribution in [0.1, 0.15) is 44.7 Å². The summed E-state index contributed by atoms with van der Waals surface area (Å²) in [5, 5.41) is 5.79. The Morgan fingerprint density at radius 1 is 1.21 bits per heavy atom. The first-order valence-corrected chi connectivity index (χ1v) is 12.3. The van der Waals surface area contributed by atoms with Gasteiger partial charge in [-0.25, -0.2) is 4.98 Å². The molecule has 0 fully saturated rings. The number of anilines is 1. The molecule has 176 valence electrons. The van der Waals surface area contributed by atoms with Crippen molar-refractivity contribution in [2.75, 3.05) is 12.4 Å². The van der Waals surface area contributed by atoms with Gasteiger partial charge in [-0.15, -0.1) is 11.3 Å². The normalized spacial score (nSPS) is 12.2. The lowest BCUT2D eigenvalue weighted by Crippen LogP contribution is -2.33. The van der Waals surface area contributed by atoms with E-state index in [0.717, 1.165) is 11.1 Å². The standard InChI is InChI=1S/C26H26ClN3O3S/c1-5-21(24(31)29-20-12-18(27)10-11-22(20)33-4)30-14-28-25-23(26(30)32)19(13-34-25)17-8-6-16(7-9-17)15(2)3/h6-15,21H,5H2,1-4H3,(H,29,31). The molecular formula is C26H26ClN3O3S. The number of ether oxygens (including phenoxy) is 1. The Balaban J connectivity index is 1.73. The van der Waals surface area contributed by atoms with Crippen LogP contribution in [0, 0.1) is 0 Å². The minimum absolute atomic E-state index is 0.241. The fourth-order valence-electron chi connectivity index (χ4n) is 3.93. The van der Waals surface area contributed by atoms with Gasteiger partial charge in [0.25, 0.3) is 5.56 Å². The summed E-state index contributed by atoms with van der Waals surface area (Å²) < 4.78 is 6.74. The topological polar surface area (TPSA) is 73.2 Å². The highest BCUT2D eigenvalue weighted by Gasteiger charge is 2.24. The minimum atomic E-state index is -0.746. The molecule has 4 rings (SSSR count). The first kappa shape index (κ1) is 24.0. The zero-order chi connectivity index (χ0) is 24.4. The third-order valence-corrected chi connectivity index (χ3v) is 6.97. The molecule has 0 bridgehead atoms. The zero-order valence-corrected chi connectivity index (χ0v) is 21.0. The Morgan fingerprint density at radius 3 is 2.59 bits per heavy atom. The van der Waals surface area contributed by atoms with Crippen molar-refractivity contribution in [3.8, 4) is 16.9 Å². The fraction of sp³-hybridized carbons (Fsp3) is 0.269. The molecule has 2 aromatic heterocycles. The molecule has 2 heterocycles. The quantitative estimate of drug-likeness (QED) is 0.317. The number of aromatic nitrogens is 2. The molecular weight excluding hydrogens is 470 g/mol. The number of hydrogen-bond acceptors (Lipinski definition) is 5. The van der Waals surface area contributed by atoms with E-state index in [4.69, 9.17) is 16.3 Å². The first-order chi connectivity index (χ1) is 16.3. The molecule has 2 aromatic carbocycles. The van der Waals surface area contributed by atoms with Crippen LogP contribution in [0.15, 0.2) is 59.0 Å². The van der Waals surface area contributed by atoms with E-state index >= 15 is 0 Å². The van der Waals surface area contributed by atoms with Crippen LogP contribution >= 0.6 is 22.9 Å². The van der Waals surface area contributed by atoms with E-state index in [9.17, 15) is 9.59 Å². The van der Waals surface area contributed by atoms with Crippen LogP contribution in [-0.4, -0.2) is 22.6 Å². The molecule has 6 nitrogen and oxygen atoms in total. The summed E-state index contributed by atoms with van der Waals surface area (Å²) in [4.78, 5) is 32.0. The van der Waals surface area contributed by atoms with Gasteiger partial charge in [0.15, 0.2) is 0 Å². The van der Waals surface area contributed by atoms with E-state index in [1.54, 1.807) is 18.2 Å². The van der Waals surface area contributed by atoms with Crippen LogP contribution in [0.3, 0.4) is 0 Å². The molecule has 0 saturated carbocycles. The average Bonchev–Trinajstić information content (AvgIpc) is 3.26. The van der Waals surface area contributed by atoms with E-state index in [1.165, 1.54) is 34.9 Å². The molecule has 0 spiro atoms. The maximum Gasteiger partial charge on any atom is 0.263 e. The molecule has 0 aliphatic heterocycles. The maximum atomic E-state index is 13.6. The van der Waals surface area contributed by atoms with Crippen molar-refractivity contribution in [1.29, 1.82) is 0 Å². The highest BCUT2D eigenvalue weighted by Crippen LogP contribution is 2.32. The van der Waals surface area contributed by atoms with Gasteiger partial charge in [0, 0.05) is 16.0 Å². The SMILES string of the molecule is CCC(C(=O)Nc1cc(Cl)ccc1OC)n1cnc2scc(-c3ccc(C(C)C)cc3)c2c1=O. The number of rotatable bonds is 7. The van der Waals surface area contributed by atoms with Crippen molar-refractivity contribution in [3.05, 3.63) is 75.1 Å². The summed E-state index contributed by atoms with van der Waals surface area (Å²) in [6.07, 6.45) is 1.86. The van der Waals surface area contributed by atoms with Crippen molar-refractivity contribution >= 4 is 44.7 Å². The molecule has 34 heavy (non-hydrogen) atoms. The molecule has 0 aliphatic carbocycles. The van der Waals surface area contributed by atoms with Gasteiger partial charge in [-0.05, 0) is 41.7 Å². The third-order valence-electron chi connectivity index (χ3n) is 5.85. The van der Waals surface area contributed by atoms with Gasteiger partial charge in [0.2, 0.25) is 5.91 Å². The van der Waals surface area contributed by atoms with Gasteiger partial charge in [0.05, 0.1) is 24.5 Å². The Bertz CT molecular complexity index is 1390. The molecule has 8 heteroatoms. The Labute approximate surface area is 207 Å². The number of nitrogens with zero attached hydrogens (tertiary/aromatic N) is 2. The second kappa shape index (κ2) is 9.99. The van der Waals surface area contributed by atoms with Gasteiger partial charge in [0.1, 0.15) is 16.6 Å². The number of thiophene rings is 1. The number of nitrogens with one attached hydrogen (secondary N) is 1. The second-order valence-electron chi connectivity index (χ2n) is 8.32. The highest BCUT2D eigenvalue weighted by molar-refractivity contribution is 7.17. The Hall–Kier alpha value is -3.16. The largest absolute Gasteiger partial charge is 0.495 e. The lowest BCUT2D eigenvalue weighted by molar-refractivity contribution is -0.119. The number of benzene rings is 2. The minimum Gasteiger partial charge on any atom is -0.495 e. The Morgan fingerprint density at radius 2 is 1.94 bits per heavy atom. The van der Waals surface area contributed by atoms with E-state index < -0.39 is 6.04 Å². The van der Waals surface area contributed by atoms with Crippen LogP contribution in [-0.2, 0) is 4.79 Å². The Kier molecular flexibility index (Phi) is 7.05. The molecule has 1 N–H and O–H groups in total. The van der Waals surface area contributed by atoms with Crippen molar-refractivity contribution in [2.45, 2.75) is 39.2 Å². The maximum absolute atomic E-state index is 13.6. The smallest absolute Gasteiger partial charge is 0.263 e. The van der Waals surface area contributed by atoms with Crippen LogP contribution in [0.4, 0.5) is 5.69 Å². The van der Waals surface area contributed by atoms with E-state index in [0.29, 0.717) is 39.0 Å². The lowest BCUT2D eigenvalue weighted by atomic mass is 9.99. The summed E-state index contributed by atoms with van der Waals surface area (Å²) in [6, 6.07) is 12.5. The molecule has 4 aromatic rings. The molecule has 1 unspecified atom stereocenters. The van der Waals surface area contributed by atoms with Gasteiger partial charge < -0.3 is 10.1 Å². The summed E-state index contributed by atoms with van der Waals surface area (Å²) >= 11 is 7.52. The van der Waals surface area contributed by atoms with Crippen molar-refractivity contribution in [1.82, 2.24) is 9.55 Å². The van der Waals surface area contributed by atoms with Crippen LogP contribution in [0.5, 0.6) is 5.75 Å². The predicted molar refractivity (Wildman–Crippen MR) is 139 cm³/mol. The van der Waals surface area contributed by atoms with E-state index in [1.807, 2.05) is 24.4 Å². The van der Waals surface area contributed by atoms with E-state index in [-0.39, 0.29) is 11.5 Å². The number of amides is 1. The number of carbonyl (C=O) groups is 1. The van der Waals surface area contributed by atoms with E-state index in [2.05, 4.69) is 36.3 Å². The summed E-state index contributed by atoms with van der Waals surface area (Å²) in [5.74, 6) is 0.567. The highest BCUT2D eigenvalue weighted by atomic mass is 35.5. The third kappa shape index (κ3) is 4.58. The number of hydrogen-bond donors (Lipinski definition) is 1. The monoisotopic (exact) mass is 495 g/mol. The fourth-order valence-corrected chi connectivity index (χ4v) is 5.01. The number of methoxy groups -OCH3 is 1. The molecule has 0 saturated heterocycles. The first-order valence-electron chi connectivity index (χ1n) is 11.1. The molecule has 1 atom stereocenters. The number of halogens is 1.